The number of carbonyl (C=O) groups excluding carboxylic acids is 1. The van der Waals surface area contributed by atoms with Gasteiger partial charge in [-0.25, -0.2) is 4.79 Å². The summed E-state index contributed by atoms with van der Waals surface area (Å²) in [5.74, 6) is -1.58. The van der Waals surface area contributed by atoms with E-state index in [0.717, 1.165) is 25.7 Å². The van der Waals surface area contributed by atoms with Crippen molar-refractivity contribution in [2.24, 2.45) is 17.3 Å². The minimum absolute atomic E-state index is 0.0598. The maximum absolute atomic E-state index is 11.6. The zero-order valence-electron chi connectivity index (χ0n) is 10.9. The van der Waals surface area contributed by atoms with Crippen LogP contribution in [-0.2, 0) is 14.3 Å². The van der Waals surface area contributed by atoms with E-state index in [2.05, 4.69) is 0 Å². The largest absolute Gasteiger partial charge is 0.481 e. The monoisotopic (exact) mass is 252 g/mol. The lowest BCUT2D eigenvalue weighted by molar-refractivity contribution is -0.143. The summed E-state index contributed by atoms with van der Waals surface area (Å²) in [7, 11) is 0. The van der Waals surface area contributed by atoms with Crippen LogP contribution in [0.15, 0.2) is 12.2 Å². The molecule has 2 saturated carbocycles. The highest BCUT2D eigenvalue weighted by Crippen LogP contribution is 2.59. The molecule has 0 aromatic rings. The van der Waals surface area contributed by atoms with Gasteiger partial charge in [0.25, 0.3) is 0 Å². The zero-order valence-corrected chi connectivity index (χ0v) is 10.9. The van der Waals surface area contributed by atoms with Crippen molar-refractivity contribution < 1.29 is 19.4 Å². The molecule has 4 nitrogen and oxygen atoms in total. The average Bonchev–Trinajstić information content (AvgIpc) is 2.63. The quantitative estimate of drug-likeness (QED) is 0.616. The summed E-state index contributed by atoms with van der Waals surface area (Å²) in [6.07, 6.45) is 7.30. The number of carboxylic acid groups (broad SMARTS) is 1. The van der Waals surface area contributed by atoms with Crippen LogP contribution in [0.4, 0.5) is 0 Å². The summed E-state index contributed by atoms with van der Waals surface area (Å²) in [6.45, 7) is 3.81. The average molecular weight is 252 g/mol. The van der Waals surface area contributed by atoms with Crippen LogP contribution in [0.3, 0.4) is 0 Å². The van der Waals surface area contributed by atoms with Gasteiger partial charge in [0.2, 0.25) is 0 Å². The van der Waals surface area contributed by atoms with Crippen LogP contribution >= 0.6 is 0 Å². The van der Waals surface area contributed by atoms with Crippen LogP contribution in [0.25, 0.3) is 0 Å². The molecule has 0 aromatic heterocycles. The molecule has 2 aliphatic rings. The lowest BCUT2D eigenvalue weighted by Gasteiger charge is -2.08. The number of esters is 1. The fourth-order valence-electron chi connectivity index (χ4n) is 2.90. The number of aliphatic carboxylic acids is 1. The van der Waals surface area contributed by atoms with E-state index in [-0.39, 0.29) is 29.3 Å². The molecule has 2 rings (SSSR count). The molecule has 0 aliphatic heterocycles. The molecule has 0 bridgehead atoms. The highest BCUT2D eigenvalue weighted by Gasteiger charge is 2.60. The first-order valence-corrected chi connectivity index (χ1v) is 6.54. The molecular formula is C14H20O4. The first-order valence-electron chi connectivity index (χ1n) is 6.54. The van der Waals surface area contributed by atoms with Crippen LogP contribution < -0.4 is 0 Å². The SMILES string of the molecule is CC1(C)C(/C=C\C(=O)OC2CCCC2)C1C(=O)O. The van der Waals surface area contributed by atoms with Gasteiger partial charge in [-0.05, 0) is 37.0 Å². The first-order chi connectivity index (χ1) is 8.43. The van der Waals surface area contributed by atoms with E-state index in [1.807, 2.05) is 13.8 Å². The molecule has 2 aliphatic carbocycles. The number of rotatable bonds is 4. The van der Waals surface area contributed by atoms with Gasteiger partial charge in [-0.3, -0.25) is 4.79 Å². The van der Waals surface area contributed by atoms with E-state index in [1.165, 1.54) is 6.08 Å². The Bertz CT molecular complexity index is 377. The second kappa shape index (κ2) is 4.75. The van der Waals surface area contributed by atoms with Gasteiger partial charge in [0.1, 0.15) is 6.10 Å². The van der Waals surface area contributed by atoms with E-state index < -0.39 is 5.97 Å². The topological polar surface area (TPSA) is 63.6 Å². The van der Waals surface area contributed by atoms with Gasteiger partial charge in [-0.15, -0.1) is 0 Å². The van der Waals surface area contributed by atoms with Crippen molar-refractivity contribution in [3.8, 4) is 0 Å². The van der Waals surface area contributed by atoms with Crippen molar-refractivity contribution in [3.63, 3.8) is 0 Å². The second-order valence-corrected chi connectivity index (χ2v) is 5.87. The molecule has 0 aromatic carbocycles. The first kappa shape index (κ1) is 13.1. The van der Waals surface area contributed by atoms with Gasteiger partial charge >= 0.3 is 11.9 Å². The number of allylic oxidation sites excluding steroid dienone is 1. The van der Waals surface area contributed by atoms with Crippen LogP contribution in [0, 0.1) is 17.3 Å². The molecule has 0 radical (unpaired) electrons. The van der Waals surface area contributed by atoms with Crippen molar-refractivity contribution in [3.05, 3.63) is 12.2 Å². The van der Waals surface area contributed by atoms with Gasteiger partial charge < -0.3 is 9.84 Å². The summed E-state index contributed by atoms with van der Waals surface area (Å²) in [5.41, 5.74) is -0.254. The second-order valence-electron chi connectivity index (χ2n) is 5.87. The molecule has 18 heavy (non-hydrogen) atoms. The maximum atomic E-state index is 11.6. The van der Waals surface area contributed by atoms with Gasteiger partial charge in [-0.1, -0.05) is 19.9 Å². The van der Waals surface area contributed by atoms with E-state index in [9.17, 15) is 9.59 Å². The summed E-state index contributed by atoms with van der Waals surface area (Å²) >= 11 is 0. The van der Waals surface area contributed by atoms with Crippen LogP contribution in [0.1, 0.15) is 39.5 Å². The van der Waals surface area contributed by atoms with Gasteiger partial charge in [0.05, 0.1) is 5.92 Å². The van der Waals surface area contributed by atoms with Crippen LogP contribution in [0.2, 0.25) is 0 Å². The Morgan fingerprint density at radius 2 is 1.89 bits per heavy atom. The van der Waals surface area contributed by atoms with Crippen molar-refractivity contribution in [2.75, 3.05) is 0 Å². The number of carbonyl (C=O) groups is 2. The Labute approximate surface area is 107 Å². The Hall–Kier alpha value is -1.32. The lowest BCUT2D eigenvalue weighted by atomic mass is 10.1. The Morgan fingerprint density at radius 3 is 2.39 bits per heavy atom. The zero-order chi connectivity index (χ0) is 13.3. The minimum atomic E-state index is -0.793. The predicted octanol–water partition coefficient (Wildman–Crippen LogP) is 2.39. The fraction of sp³-hybridized carbons (Fsp3) is 0.714. The maximum Gasteiger partial charge on any atom is 0.330 e. The molecule has 0 amide bonds. The smallest absolute Gasteiger partial charge is 0.330 e. The van der Waals surface area contributed by atoms with Crippen molar-refractivity contribution in [2.45, 2.75) is 45.6 Å². The Kier molecular flexibility index (Phi) is 3.46. The molecule has 0 saturated heterocycles. The highest BCUT2D eigenvalue weighted by molar-refractivity contribution is 5.83. The van der Waals surface area contributed by atoms with Gasteiger partial charge in [0.15, 0.2) is 0 Å². The van der Waals surface area contributed by atoms with E-state index in [4.69, 9.17) is 9.84 Å². The molecule has 0 heterocycles. The molecule has 0 spiro atoms. The lowest BCUT2D eigenvalue weighted by Crippen LogP contribution is -2.12. The highest BCUT2D eigenvalue weighted by atomic mass is 16.5. The third kappa shape index (κ3) is 2.57. The third-order valence-corrected chi connectivity index (χ3v) is 4.20. The summed E-state index contributed by atoms with van der Waals surface area (Å²) in [5, 5.41) is 9.00. The van der Waals surface area contributed by atoms with E-state index in [0.29, 0.717) is 0 Å². The minimum Gasteiger partial charge on any atom is -0.481 e. The van der Waals surface area contributed by atoms with Crippen LogP contribution in [0.5, 0.6) is 0 Å². The standard InChI is InChI=1S/C14H20O4/c1-14(2)10(12(14)13(16)17)7-8-11(15)18-9-5-3-4-6-9/h7-10,12H,3-6H2,1-2H3,(H,16,17)/b8-7-. The summed E-state index contributed by atoms with van der Waals surface area (Å²) in [6, 6.07) is 0. The molecule has 2 atom stereocenters. The fourth-order valence-corrected chi connectivity index (χ4v) is 2.90. The number of hydrogen-bond donors (Lipinski definition) is 1. The Morgan fingerprint density at radius 1 is 1.28 bits per heavy atom. The normalized spacial score (nSPS) is 30.6. The molecule has 4 heteroatoms. The van der Waals surface area contributed by atoms with Gasteiger partial charge in [0, 0.05) is 6.08 Å². The summed E-state index contributed by atoms with van der Waals surface area (Å²) in [4.78, 5) is 22.5. The molecule has 1 N–H and O–H groups in total. The van der Waals surface area contributed by atoms with Crippen molar-refractivity contribution >= 4 is 11.9 Å². The number of carboxylic acids is 1. The molecule has 2 fully saturated rings. The Balaban J connectivity index is 1.84. The van der Waals surface area contributed by atoms with Crippen LogP contribution in [-0.4, -0.2) is 23.1 Å². The number of ether oxygens (including phenoxy) is 1. The van der Waals surface area contributed by atoms with Crippen molar-refractivity contribution in [1.29, 1.82) is 0 Å². The molecular weight excluding hydrogens is 232 g/mol. The van der Waals surface area contributed by atoms with Crippen molar-refractivity contribution in [1.82, 2.24) is 0 Å². The summed E-state index contributed by atoms with van der Waals surface area (Å²) < 4.78 is 5.28. The van der Waals surface area contributed by atoms with Gasteiger partial charge in [-0.2, -0.15) is 0 Å². The number of hydrogen-bond acceptors (Lipinski definition) is 3. The van der Waals surface area contributed by atoms with E-state index in [1.54, 1.807) is 6.08 Å². The third-order valence-electron chi connectivity index (χ3n) is 4.20. The molecule has 2 unspecified atom stereocenters. The predicted molar refractivity (Wildman–Crippen MR) is 65.9 cm³/mol. The molecule has 100 valence electrons. The van der Waals surface area contributed by atoms with E-state index >= 15 is 0 Å².